The Morgan fingerprint density at radius 3 is 2.56 bits per heavy atom. The lowest BCUT2D eigenvalue weighted by atomic mass is 9.82. The number of hydrogen-bond acceptors (Lipinski definition) is 5. The molecule has 1 saturated carbocycles. The Morgan fingerprint density at radius 2 is 1.81 bits per heavy atom. The molecule has 1 unspecified atom stereocenters. The third-order valence-electron chi connectivity index (χ3n) is 6.18. The minimum atomic E-state index is -0.437. The minimum Gasteiger partial charge on any atom is -0.494 e. The van der Waals surface area contributed by atoms with Crippen LogP contribution in [0.1, 0.15) is 78.6 Å². The van der Waals surface area contributed by atoms with Crippen LogP contribution in [-0.2, 0) is 4.79 Å². The van der Waals surface area contributed by atoms with Gasteiger partial charge in [0.05, 0.1) is 24.7 Å². The maximum atomic E-state index is 13.3. The Morgan fingerprint density at radius 1 is 1.03 bits per heavy atom. The van der Waals surface area contributed by atoms with Crippen LogP contribution in [0.2, 0.25) is 0 Å². The van der Waals surface area contributed by atoms with Crippen molar-refractivity contribution in [3.05, 3.63) is 53.1 Å². The summed E-state index contributed by atoms with van der Waals surface area (Å²) < 4.78 is 11.3. The van der Waals surface area contributed by atoms with Crippen molar-refractivity contribution in [3.63, 3.8) is 0 Å². The predicted octanol–water partition coefficient (Wildman–Crippen LogP) is 6.14. The summed E-state index contributed by atoms with van der Waals surface area (Å²) in [5.74, 6) is 2.09. The number of amides is 1. The quantitative estimate of drug-likeness (QED) is 0.545. The van der Waals surface area contributed by atoms with Crippen molar-refractivity contribution < 1.29 is 19.1 Å². The lowest BCUT2D eigenvalue weighted by molar-refractivity contribution is -0.115. The summed E-state index contributed by atoms with van der Waals surface area (Å²) in [5, 5.41) is 2.58. The number of nitrogens with one attached hydrogen (secondary N) is 1. The zero-order valence-corrected chi connectivity index (χ0v) is 19.6. The van der Waals surface area contributed by atoms with Crippen LogP contribution in [0.4, 0.5) is 5.69 Å². The Kier molecular flexibility index (Phi) is 7.40. The Balaban J connectivity index is 1.58. The number of hydrogen-bond donors (Lipinski definition) is 1. The predicted molar refractivity (Wildman–Crippen MR) is 129 cm³/mol. The molecule has 2 aromatic rings. The van der Waals surface area contributed by atoms with Crippen molar-refractivity contribution in [1.82, 2.24) is 0 Å². The van der Waals surface area contributed by atoms with Crippen LogP contribution in [0, 0.1) is 0 Å². The summed E-state index contributed by atoms with van der Waals surface area (Å²) in [6.07, 6.45) is 6.16. The third kappa shape index (κ3) is 4.96. The highest BCUT2D eigenvalue weighted by Gasteiger charge is 2.32. The molecule has 0 aromatic heterocycles. The molecule has 0 radical (unpaired) electrons. The second kappa shape index (κ2) is 10.4. The Labute approximate surface area is 194 Å². The van der Waals surface area contributed by atoms with Gasteiger partial charge in [-0.3, -0.25) is 9.59 Å². The maximum Gasteiger partial charge on any atom is 0.242 e. The summed E-state index contributed by atoms with van der Waals surface area (Å²) in [6, 6.07) is 11.6. The Bertz CT molecular complexity index is 984. The van der Waals surface area contributed by atoms with Crippen LogP contribution in [0.25, 0.3) is 0 Å². The van der Waals surface area contributed by atoms with Gasteiger partial charge in [0.1, 0.15) is 16.7 Å². The molecule has 1 heterocycles. The van der Waals surface area contributed by atoms with Crippen LogP contribution >= 0.6 is 11.8 Å². The van der Waals surface area contributed by atoms with Crippen molar-refractivity contribution in [2.45, 2.75) is 57.1 Å². The molecule has 1 aliphatic heterocycles. The smallest absolute Gasteiger partial charge is 0.242 e. The van der Waals surface area contributed by atoms with Crippen LogP contribution in [0.15, 0.2) is 36.4 Å². The molecule has 1 amide bonds. The minimum absolute atomic E-state index is 0.111. The van der Waals surface area contributed by atoms with Gasteiger partial charge in [0.15, 0.2) is 5.78 Å². The average Bonchev–Trinajstić information content (AvgIpc) is 2.81. The molecule has 0 saturated heterocycles. The van der Waals surface area contributed by atoms with E-state index in [1.54, 1.807) is 6.07 Å². The molecule has 4 rings (SSSR count). The second-order valence-electron chi connectivity index (χ2n) is 8.31. The summed E-state index contributed by atoms with van der Waals surface area (Å²) in [7, 11) is 0. The number of Topliss-reactive ketones (excluding diaryl/α,β-unsaturated/α-hetero) is 1. The van der Waals surface area contributed by atoms with Crippen molar-refractivity contribution in [3.8, 4) is 11.5 Å². The summed E-state index contributed by atoms with van der Waals surface area (Å²) in [4.78, 5) is 26.0. The number of ether oxygens (including phenoxy) is 2. The van der Waals surface area contributed by atoms with Crippen molar-refractivity contribution in [2.24, 2.45) is 0 Å². The van der Waals surface area contributed by atoms with E-state index in [9.17, 15) is 9.59 Å². The van der Waals surface area contributed by atoms with E-state index in [4.69, 9.17) is 9.47 Å². The first-order valence-corrected chi connectivity index (χ1v) is 12.6. The van der Waals surface area contributed by atoms with E-state index in [0.29, 0.717) is 47.6 Å². The number of benzene rings is 2. The van der Waals surface area contributed by atoms with Crippen LogP contribution in [0.3, 0.4) is 0 Å². The fraction of sp³-hybridized carbons (Fsp3) is 0.462. The highest BCUT2D eigenvalue weighted by molar-refractivity contribution is 8.01. The van der Waals surface area contributed by atoms with E-state index < -0.39 is 5.25 Å². The molecule has 32 heavy (non-hydrogen) atoms. The highest BCUT2D eigenvalue weighted by atomic mass is 32.2. The first-order valence-electron chi connectivity index (χ1n) is 11.6. The number of ketones is 1. The topological polar surface area (TPSA) is 64.6 Å². The van der Waals surface area contributed by atoms with Gasteiger partial charge in [-0.15, -0.1) is 11.8 Å². The summed E-state index contributed by atoms with van der Waals surface area (Å²) >= 11 is 1.38. The van der Waals surface area contributed by atoms with Gasteiger partial charge in [-0.05, 0) is 61.9 Å². The normalized spacial score (nSPS) is 18.7. The van der Waals surface area contributed by atoms with Gasteiger partial charge in [-0.1, -0.05) is 31.4 Å². The zero-order valence-electron chi connectivity index (χ0n) is 18.8. The molecule has 1 N–H and O–H groups in total. The molecular formula is C26H31NO4S. The van der Waals surface area contributed by atoms with Crippen molar-refractivity contribution >= 4 is 29.1 Å². The molecule has 2 aliphatic rings. The SMILES string of the molecule is CCOc1ccc(OCC)c(NC(=O)C2SCC(=O)c3cc(C4CCCCC4)ccc32)c1. The van der Waals surface area contributed by atoms with E-state index in [2.05, 4.69) is 17.4 Å². The lowest BCUT2D eigenvalue weighted by Crippen LogP contribution is -2.26. The number of anilines is 1. The van der Waals surface area contributed by atoms with Crippen molar-refractivity contribution in [1.29, 1.82) is 0 Å². The standard InChI is InChI=1S/C26H31NO4S/c1-3-30-19-11-13-24(31-4-2)22(15-19)27-26(29)25-20-12-10-18(17-8-6-5-7-9-17)14-21(20)23(28)16-32-25/h10-15,17,25H,3-9,16H2,1-2H3,(H,27,29). The van der Waals surface area contributed by atoms with E-state index in [1.807, 2.05) is 32.0 Å². The largest absolute Gasteiger partial charge is 0.494 e. The first kappa shape index (κ1) is 22.7. The van der Waals surface area contributed by atoms with Gasteiger partial charge in [0, 0.05) is 11.6 Å². The van der Waals surface area contributed by atoms with Gasteiger partial charge in [0.25, 0.3) is 0 Å². The zero-order chi connectivity index (χ0) is 22.5. The van der Waals surface area contributed by atoms with Gasteiger partial charge in [0.2, 0.25) is 5.91 Å². The number of fused-ring (bicyclic) bond motifs is 1. The fourth-order valence-corrected chi connectivity index (χ4v) is 5.69. The molecule has 1 fully saturated rings. The van der Waals surface area contributed by atoms with E-state index in [-0.39, 0.29) is 11.7 Å². The molecular weight excluding hydrogens is 422 g/mol. The third-order valence-corrected chi connectivity index (χ3v) is 7.41. The van der Waals surface area contributed by atoms with E-state index >= 15 is 0 Å². The molecule has 1 atom stereocenters. The molecule has 5 nitrogen and oxygen atoms in total. The van der Waals surface area contributed by atoms with E-state index in [1.165, 1.54) is 49.4 Å². The van der Waals surface area contributed by atoms with Gasteiger partial charge in [-0.2, -0.15) is 0 Å². The monoisotopic (exact) mass is 453 g/mol. The van der Waals surface area contributed by atoms with Gasteiger partial charge < -0.3 is 14.8 Å². The van der Waals surface area contributed by atoms with Crippen LogP contribution in [-0.4, -0.2) is 30.7 Å². The summed E-state index contributed by atoms with van der Waals surface area (Å²) in [5.41, 5.74) is 3.34. The Hall–Kier alpha value is -2.47. The molecule has 1 aliphatic carbocycles. The number of carbonyl (C=O) groups excluding carboxylic acids is 2. The van der Waals surface area contributed by atoms with Gasteiger partial charge in [-0.25, -0.2) is 0 Å². The van der Waals surface area contributed by atoms with Crippen molar-refractivity contribution in [2.75, 3.05) is 24.3 Å². The number of thioether (sulfide) groups is 1. The van der Waals surface area contributed by atoms with E-state index in [0.717, 1.165) is 5.56 Å². The lowest BCUT2D eigenvalue weighted by Gasteiger charge is -2.27. The molecule has 170 valence electrons. The average molecular weight is 454 g/mol. The number of carbonyl (C=O) groups is 2. The van der Waals surface area contributed by atoms with Crippen LogP contribution < -0.4 is 14.8 Å². The molecule has 0 spiro atoms. The van der Waals surface area contributed by atoms with Gasteiger partial charge >= 0.3 is 0 Å². The maximum absolute atomic E-state index is 13.3. The highest BCUT2D eigenvalue weighted by Crippen LogP contribution is 2.41. The van der Waals surface area contributed by atoms with Crippen LogP contribution in [0.5, 0.6) is 11.5 Å². The second-order valence-corrected chi connectivity index (χ2v) is 9.40. The molecule has 6 heteroatoms. The fourth-order valence-electron chi connectivity index (χ4n) is 4.62. The summed E-state index contributed by atoms with van der Waals surface area (Å²) in [6.45, 7) is 4.86. The first-order chi connectivity index (χ1) is 15.6. The molecule has 0 bridgehead atoms. The number of rotatable bonds is 7. The molecule has 2 aromatic carbocycles.